The molecule has 1 aromatic heterocycles. The van der Waals surface area contributed by atoms with E-state index in [1.165, 1.54) is 6.92 Å². The van der Waals surface area contributed by atoms with Crippen LogP contribution in [0.15, 0.2) is 29.6 Å². The number of carbonyl (C=O) groups is 1. The molecule has 0 spiro atoms. The number of nitrogens with zero attached hydrogens (tertiary/aromatic N) is 3. The van der Waals surface area contributed by atoms with Gasteiger partial charge in [-0.25, -0.2) is 13.4 Å². The monoisotopic (exact) mass is 451 g/mol. The van der Waals surface area contributed by atoms with Gasteiger partial charge in [0.2, 0.25) is 5.91 Å². The summed E-state index contributed by atoms with van der Waals surface area (Å²) < 4.78 is 29.8. The van der Waals surface area contributed by atoms with Crippen molar-refractivity contribution < 1.29 is 17.9 Å². The molecule has 7 nitrogen and oxygen atoms in total. The van der Waals surface area contributed by atoms with Crippen molar-refractivity contribution in [2.24, 2.45) is 0 Å². The third-order valence-corrected chi connectivity index (χ3v) is 8.90. The zero-order chi connectivity index (χ0) is 21.9. The fraction of sp³-hybridized carbons (Fsp3) is 0.524. The first-order valence-corrected chi connectivity index (χ1v) is 12.5. The summed E-state index contributed by atoms with van der Waals surface area (Å²) >= 11 is 1.61. The molecule has 0 N–H and O–H groups in total. The number of thiazole rings is 1. The third-order valence-electron chi connectivity index (χ3n) is 5.46. The van der Waals surface area contributed by atoms with Crippen molar-refractivity contribution in [3.63, 3.8) is 0 Å². The van der Waals surface area contributed by atoms with E-state index in [0.717, 1.165) is 22.0 Å². The standard InChI is InChI=1S/C21H29N3O4S2/c1-15(2)30(26,27)16(3)21(25)24-11-9-23(10-12-24)13-18-14-29-20(22-18)17-5-7-19(28-4)8-6-17/h5-8,14-16H,9-13H2,1-4H3. The second kappa shape index (κ2) is 9.45. The van der Waals surface area contributed by atoms with Crippen LogP contribution in [0.1, 0.15) is 26.5 Å². The number of carbonyl (C=O) groups excluding carboxylic acids is 1. The number of aromatic nitrogens is 1. The van der Waals surface area contributed by atoms with E-state index in [1.807, 2.05) is 24.3 Å². The van der Waals surface area contributed by atoms with Crippen molar-refractivity contribution in [3.05, 3.63) is 35.3 Å². The Bertz CT molecular complexity index is 962. The second-order valence-electron chi connectivity index (χ2n) is 7.75. The Labute approximate surface area is 182 Å². The minimum Gasteiger partial charge on any atom is -0.497 e. The van der Waals surface area contributed by atoms with E-state index in [2.05, 4.69) is 10.3 Å². The van der Waals surface area contributed by atoms with Gasteiger partial charge in [-0.3, -0.25) is 9.69 Å². The van der Waals surface area contributed by atoms with Crippen molar-refractivity contribution in [2.75, 3.05) is 33.3 Å². The van der Waals surface area contributed by atoms with Gasteiger partial charge < -0.3 is 9.64 Å². The SMILES string of the molecule is COc1ccc(-c2nc(CN3CCN(C(=O)C(C)S(=O)(=O)C(C)C)CC3)cs2)cc1. The van der Waals surface area contributed by atoms with Gasteiger partial charge in [0, 0.05) is 43.7 Å². The molecule has 1 aliphatic rings. The lowest BCUT2D eigenvalue weighted by Gasteiger charge is -2.35. The number of amides is 1. The zero-order valence-corrected chi connectivity index (χ0v) is 19.5. The van der Waals surface area contributed by atoms with Crippen LogP contribution in [-0.4, -0.2) is 72.9 Å². The highest BCUT2D eigenvalue weighted by Gasteiger charge is 2.34. The average molecular weight is 452 g/mol. The van der Waals surface area contributed by atoms with Crippen molar-refractivity contribution in [3.8, 4) is 16.3 Å². The molecule has 2 aromatic rings. The number of sulfone groups is 1. The summed E-state index contributed by atoms with van der Waals surface area (Å²) in [5.74, 6) is 0.525. The largest absolute Gasteiger partial charge is 0.497 e. The zero-order valence-electron chi connectivity index (χ0n) is 17.9. The summed E-state index contributed by atoms with van der Waals surface area (Å²) in [6, 6.07) is 7.84. The van der Waals surface area contributed by atoms with Crippen LogP contribution in [0.25, 0.3) is 10.6 Å². The molecule has 2 heterocycles. The van der Waals surface area contributed by atoms with Gasteiger partial charge in [-0.2, -0.15) is 0 Å². The fourth-order valence-electron chi connectivity index (χ4n) is 3.41. The predicted octanol–water partition coefficient (Wildman–Crippen LogP) is 2.67. The minimum absolute atomic E-state index is 0.293. The van der Waals surface area contributed by atoms with E-state index < -0.39 is 20.3 Å². The number of rotatable bonds is 7. The van der Waals surface area contributed by atoms with Gasteiger partial charge in [-0.15, -0.1) is 11.3 Å². The van der Waals surface area contributed by atoms with Gasteiger partial charge >= 0.3 is 0 Å². The van der Waals surface area contributed by atoms with Crippen molar-refractivity contribution in [1.82, 2.24) is 14.8 Å². The van der Waals surface area contributed by atoms with E-state index in [1.54, 1.807) is 37.2 Å². The molecule has 1 atom stereocenters. The number of hydrogen-bond donors (Lipinski definition) is 0. The van der Waals surface area contributed by atoms with Crippen molar-refractivity contribution in [1.29, 1.82) is 0 Å². The lowest BCUT2D eigenvalue weighted by atomic mass is 10.2. The number of hydrogen-bond acceptors (Lipinski definition) is 7. The lowest BCUT2D eigenvalue weighted by molar-refractivity contribution is -0.132. The van der Waals surface area contributed by atoms with Crippen LogP contribution < -0.4 is 4.74 Å². The van der Waals surface area contributed by atoms with Crippen LogP contribution in [0.3, 0.4) is 0 Å². The molecule has 1 fully saturated rings. The molecule has 1 saturated heterocycles. The Morgan fingerprint density at radius 1 is 1.13 bits per heavy atom. The lowest BCUT2D eigenvalue weighted by Crippen LogP contribution is -2.52. The number of methoxy groups -OCH3 is 1. The first-order chi connectivity index (χ1) is 14.2. The first kappa shape index (κ1) is 22.7. The molecule has 1 aliphatic heterocycles. The van der Waals surface area contributed by atoms with Gasteiger partial charge in [0.25, 0.3) is 0 Å². The van der Waals surface area contributed by atoms with Crippen molar-refractivity contribution >= 4 is 27.1 Å². The normalized spacial score (nSPS) is 16.6. The van der Waals surface area contributed by atoms with Gasteiger partial charge in [0.05, 0.1) is 18.1 Å². The molecule has 0 saturated carbocycles. The van der Waals surface area contributed by atoms with Crippen LogP contribution >= 0.6 is 11.3 Å². The van der Waals surface area contributed by atoms with Crippen LogP contribution in [0, 0.1) is 0 Å². The summed E-state index contributed by atoms with van der Waals surface area (Å²) in [6.45, 7) is 7.93. The van der Waals surface area contributed by atoms with Crippen molar-refractivity contribution in [2.45, 2.75) is 37.8 Å². The van der Waals surface area contributed by atoms with Gasteiger partial charge in [0.15, 0.2) is 9.84 Å². The maximum atomic E-state index is 12.6. The van der Waals surface area contributed by atoms with Gasteiger partial charge in [-0.1, -0.05) is 0 Å². The topological polar surface area (TPSA) is 79.8 Å². The summed E-state index contributed by atoms with van der Waals surface area (Å²) in [6.07, 6.45) is 0. The first-order valence-electron chi connectivity index (χ1n) is 10.0. The highest BCUT2D eigenvalue weighted by molar-refractivity contribution is 7.93. The summed E-state index contributed by atoms with van der Waals surface area (Å²) in [7, 11) is -1.79. The molecular weight excluding hydrogens is 422 g/mol. The second-order valence-corrected chi connectivity index (χ2v) is 11.4. The molecule has 1 amide bonds. The highest BCUT2D eigenvalue weighted by atomic mass is 32.2. The molecule has 0 aliphatic carbocycles. The Kier molecular flexibility index (Phi) is 7.15. The Hall–Kier alpha value is -1.97. The molecular formula is C21H29N3O4S2. The molecule has 3 rings (SSSR count). The Morgan fingerprint density at radius 3 is 2.33 bits per heavy atom. The molecule has 164 valence electrons. The van der Waals surface area contributed by atoms with E-state index in [9.17, 15) is 13.2 Å². The van der Waals surface area contributed by atoms with E-state index >= 15 is 0 Å². The predicted molar refractivity (Wildman–Crippen MR) is 119 cm³/mol. The van der Waals surface area contributed by atoms with E-state index in [0.29, 0.717) is 32.7 Å². The van der Waals surface area contributed by atoms with Crippen LogP contribution in [0.2, 0.25) is 0 Å². The van der Waals surface area contributed by atoms with Crippen LogP contribution in [-0.2, 0) is 21.2 Å². The molecule has 30 heavy (non-hydrogen) atoms. The van der Waals surface area contributed by atoms with Gasteiger partial charge in [0.1, 0.15) is 16.0 Å². The maximum Gasteiger partial charge on any atom is 0.240 e. The average Bonchev–Trinajstić information content (AvgIpc) is 3.21. The maximum absolute atomic E-state index is 12.6. The van der Waals surface area contributed by atoms with Crippen LogP contribution in [0.5, 0.6) is 5.75 Å². The number of ether oxygens (including phenoxy) is 1. The highest BCUT2D eigenvalue weighted by Crippen LogP contribution is 2.26. The summed E-state index contributed by atoms with van der Waals surface area (Å²) in [4.78, 5) is 21.3. The minimum atomic E-state index is -3.44. The number of benzene rings is 1. The molecule has 1 aromatic carbocycles. The van der Waals surface area contributed by atoms with E-state index in [4.69, 9.17) is 9.72 Å². The quantitative estimate of drug-likeness (QED) is 0.644. The third kappa shape index (κ3) is 5.01. The Balaban J connectivity index is 1.55. The molecule has 1 unspecified atom stereocenters. The van der Waals surface area contributed by atoms with E-state index in [-0.39, 0.29) is 5.91 Å². The van der Waals surface area contributed by atoms with Crippen LogP contribution in [0.4, 0.5) is 0 Å². The summed E-state index contributed by atoms with van der Waals surface area (Å²) in [5.41, 5.74) is 2.06. The Morgan fingerprint density at radius 2 is 1.77 bits per heavy atom. The molecule has 0 radical (unpaired) electrons. The number of piperazine rings is 1. The fourth-order valence-corrected chi connectivity index (χ4v) is 5.47. The van der Waals surface area contributed by atoms with Gasteiger partial charge in [-0.05, 0) is 45.0 Å². The molecule has 0 bridgehead atoms. The smallest absolute Gasteiger partial charge is 0.240 e. The summed E-state index contributed by atoms with van der Waals surface area (Å²) in [5, 5.41) is 1.49. The molecule has 9 heteroatoms.